The fraction of sp³-hybridized carbons (Fsp3) is 0.400. The van der Waals surface area contributed by atoms with Gasteiger partial charge in [-0.15, -0.1) is 0 Å². The lowest BCUT2D eigenvalue weighted by atomic mass is 9.91. The molecule has 0 fully saturated rings. The second-order valence-electron chi connectivity index (χ2n) is 5.13. The summed E-state index contributed by atoms with van der Waals surface area (Å²) in [6, 6.07) is 5.05. The maximum atomic E-state index is 13.2. The molecule has 1 unspecified atom stereocenters. The Kier molecular flexibility index (Phi) is 3.01. The number of hydrogen-bond donors (Lipinski definition) is 2. The minimum atomic E-state index is -0.220. The van der Waals surface area contributed by atoms with Crippen molar-refractivity contribution >= 4 is 16.8 Å². The van der Waals surface area contributed by atoms with E-state index < -0.39 is 0 Å². The van der Waals surface area contributed by atoms with Crippen LogP contribution in [0.4, 0.5) is 4.39 Å². The number of carbonyl (C=O) groups is 1. The highest BCUT2D eigenvalue weighted by Gasteiger charge is 2.23. The Hall–Kier alpha value is -1.84. The Balaban J connectivity index is 1.91. The molecule has 4 heteroatoms. The summed E-state index contributed by atoms with van der Waals surface area (Å²) >= 11 is 0. The van der Waals surface area contributed by atoms with Crippen LogP contribution in [0.2, 0.25) is 0 Å². The van der Waals surface area contributed by atoms with Crippen LogP contribution in [0.15, 0.2) is 18.2 Å². The summed E-state index contributed by atoms with van der Waals surface area (Å²) < 4.78 is 13.2. The van der Waals surface area contributed by atoms with Gasteiger partial charge in [0, 0.05) is 29.1 Å². The molecule has 1 aromatic heterocycles. The van der Waals surface area contributed by atoms with Crippen molar-refractivity contribution in [2.45, 2.75) is 38.6 Å². The zero-order chi connectivity index (χ0) is 13.4. The van der Waals surface area contributed by atoms with Gasteiger partial charge in [-0.25, -0.2) is 4.39 Å². The first kappa shape index (κ1) is 12.2. The van der Waals surface area contributed by atoms with E-state index in [1.54, 1.807) is 0 Å². The number of carbonyl (C=O) groups excluding carboxylic acids is 1. The Morgan fingerprint density at radius 3 is 3.16 bits per heavy atom. The lowest BCUT2D eigenvalue weighted by Gasteiger charge is -2.23. The number of aromatic amines is 1. The third-order valence-electron chi connectivity index (χ3n) is 3.84. The molecule has 0 saturated carbocycles. The number of fused-ring (bicyclic) bond motifs is 3. The lowest BCUT2D eigenvalue weighted by molar-refractivity contribution is -0.121. The molecule has 0 aliphatic heterocycles. The van der Waals surface area contributed by atoms with Crippen molar-refractivity contribution in [2.24, 2.45) is 0 Å². The van der Waals surface area contributed by atoms with E-state index in [0.717, 1.165) is 30.2 Å². The second kappa shape index (κ2) is 4.68. The fourth-order valence-corrected chi connectivity index (χ4v) is 2.85. The molecule has 0 spiro atoms. The molecule has 1 heterocycles. The van der Waals surface area contributed by atoms with Gasteiger partial charge in [-0.3, -0.25) is 4.79 Å². The van der Waals surface area contributed by atoms with Crippen LogP contribution in [0, 0.1) is 5.82 Å². The van der Waals surface area contributed by atoms with Crippen molar-refractivity contribution < 1.29 is 9.18 Å². The van der Waals surface area contributed by atoms with Crippen molar-refractivity contribution in [3.8, 4) is 0 Å². The van der Waals surface area contributed by atoms with Gasteiger partial charge >= 0.3 is 0 Å². The standard InChI is InChI=1S/C15H17FN2O/c1-2-15(19)17-10-4-6-13-12(8-10)11-5-3-9(16)7-14(11)18-13/h3,5,7,10,18H,2,4,6,8H2,1H3,(H,17,19). The molecule has 2 N–H and O–H groups in total. The van der Waals surface area contributed by atoms with Crippen molar-refractivity contribution in [3.63, 3.8) is 0 Å². The molecule has 1 aliphatic rings. The van der Waals surface area contributed by atoms with Gasteiger partial charge in [0.15, 0.2) is 0 Å². The fourth-order valence-electron chi connectivity index (χ4n) is 2.85. The Morgan fingerprint density at radius 2 is 2.37 bits per heavy atom. The molecular weight excluding hydrogens is 243 g/mol. The van der Waals surface area contributed by atoms with Crippen LogP contribution in [-0.2, 0) is 17.6 Å². The highest BCUT2D eigenvalue weighted by Crippen LogP contribution is 2.29. The summed E-state index contributed by atoms with van der Waals surface area (Å²) in [4.78, 5) is 14.8. The largest absolute Gasteiger partial charge is 0.358 e. The molecule has 1 aliphatic carbocycles. The molecule has 1 amide bonds. The van der Waals surface area contributed by atoms with Crippen molar-refractivity contribution in [3.05, 3.63) is 35.3 Å². The average Bonchev–Trinajstić information content (AvgIpc) is 2.75. The summed E-state index contributed by atoms with van der Waals surface area (Å²) in [5, 5.41) is 4.12. The van der Waals surface area contributed by atoms with Crippen LogP contribution in [-0.4, -0.2) is 16.9 Å². The van der Waals surface area contributed by atoms with E-state index in [4.69, 9.17) is 0 Å². The normalized spacial score (nSPS) is 18.3. The number of hydrogen-bond acceptors (Lipinski definition) is 1. The van der Waals surface area contributed by atoms with E-state index in [9.17, 15) is 9.18 Å². The monoisotopic (exact) mass is 260 g/mol. The van der Waals surface area contributed by atoms with Gasteiger partial charge in [0.1, 0.15) is 5.82 Å². The minimum absolute atomic E-state index is 0.0966. The number of aromatic nitrogens is 1. The topological polar surface area (TPSA) is 44.9 Å². The predicted molar refractivity (Wildman–Crippen MR) is 72.5 cm³/mol. The number of rotatable bonds is 2. The number of H-pyrrole nitrogens is 1. The van der Waals surface area contributed by atoms with E-state index in [-0.39, 0.29) is 17.8 Å². The number of nitrogens with one attached hydrogen (secondary N) is 2. The second-order valence-corrected chi connectivity index (χ2v) is 5.13. The van der Waals surface area contributed by atoms with Crippen molar-refractivity contribution in [1.82, 2.24) is 10.3 Å². The summed E-state index contributed by atoms with van der Waals surface area (Å²) in [6.45, 7) is 1.86. The zero-order valence-electron chi connectivity index (χ0n) is 10.9. The Labute approximate surface area is 111 Å². The molecule has 0 bridgehead atoms. The highest BCUT2D eigenvalue weighted by molar-refractivity contribution is 5.85. The Bertz CT molecular complexity index is 632. The van der Waals surface area contributed by atoms with Crippen LogP contribution >= 0.6 is 0 Å². The average molecular weight is 260 g/mol. The van der Waals surface area contributed by atoms with Gasteiger partial charge in [0.2, 0.25) is 5.91 Å². The molecule has 1 atom stereocenters. The lowest BCUT2D eigenvalue weighted by Crippen LogP contribution is -2.38. The summed E-state index contributed by atoms with van der Waals surface area (Å²) in [5.74, 6) is -0.124. The molecule has 19 heavy (non-hydrogen) atoms. The SMILES string of the molecule is CCC(=O)NC1CCc2[nH]c3cc(F)ccc3c2C1. The maximum Gasteiger partial charge on any atom is 0.219 e. The Morgan fingerprint density at radius 1 is 1.53 bits per heavy atom. The maximum absolute atomic E-state index is 13.2. The van der Waals surface area contributed by atoms with Gasteiger partial charge in [-0.1, -0.05) is 6.92 Å². The summed E-state index contributed by atoms with van der Waals surface area (Å²) in [7, 11) is 0. The smallest absolute Gasteiger partial charge is 0.219 e. The summed E-state index contributed by atoms with van der Waals surface area (Å²) in [6.07, 6.45) is 3.18. The predicted octanol–water partition coefficient (Wildman–Crippen LogP) is 2.69. The molecule has 100 valence electrons. The van der Waals surface area contributed by atoms with Gasteiger partial charge in [-0.05, 0) is 43.0 Å². The third-order valence-corrected chi connectivity index (χ3v) is 3.84. The molecule has 0 saturated heterocycles. The molecule has 1 aromatic carbocycles. The first-order valence-electron chi connectivity index (χ1n) is 6.75. The van der Waals surface area contributed by atoms with Crippen molar-refractivity contribution in [1.29, 1.82) is 0 Å². The van der Waals surface area contributed by atoms with E-state index in [1.165, 1.54) is 23.4 Å². The van der Waals surface area contributed by atoms with Crippen LogP contribution in [0.1, 0.15) is 31.0 Å². The number of aryl methyl sites for hydroxylation is 1. The highest BCUT2D eigenvalue weighted by atomic mass is 19.1. The number of benzene rings is 1. The van der Waals surface area contributed by atoms with Gasteiger partial charge in [-0.2, -0.15) is 0 Å². The molecule has 0 radical (unpaired) electrons. The van der Waals surface area contributed by atoms with E-state index in [2.05, 4.69) is 10.3 Å². The van der Waals surface area contributed by atoms with Crippen LogP contribution in [0.5, 0.6) is 0 Å². The van der Waals surface area contributed by atoms with E-state index >= 15 is 0 Å². The molecule has 3 nitrogen and oxygen atoms in total. The minimum Gasteiger partial charge on any atom is -0.358 e. The quantitative estimate of drug-likeness (QED) is 0.856. The van der Waals surface area contributed by atoms with Gasteiger partial charge in [0.25, 0.3) is 0 Å². The van der Waals surface area contributed by atoms with E-state index in [1.807, 2.05) is 13.0 Å². The zero-order valence-corrected chi connectivity index (χ0v) is 10.9. The first-order valence-corrected chi connectivity index (χ1v) is 6.75. The van der Waals surface area contributed by atoms with Gasteiger partial charge in [0.05, 0.1) is 0 Å². The number of halogens is 1. The molecular formula is C15H17FN2O. The van der Waals surface area contributed by atoms with Crippen molar-refractivity contribution in [2.75, 3.05) is 0 Å². The first-order chi connectivity index (χ1) is 9.17. The molecule has 2 aromatic rings. The number of amides is 1. The van der Waals surface area contributed by atoms with Crippen LogP contribution in [0.3, 0.4) is 0 Å². The van der Waals surface area contributed by atoms with Gasteiger partial charge < -0.3 is 10.3 Å². The van der Waals surface area contributed by atoms with Crippen LogP contribution in [0.25, 0.3) is 10.9 Å². The van der Waals surface area contributed by atoms with E-state index in [0.29, 0.717) is 6.42 Å². The van der Waals surface area contributed by atoms with Crippen LogP contribution < -0.4 is 5.32 Å². The third kappa shape index (κ3) is 2.23. The molecule has 3 rings (SSSR count). The summed E-state index contributed by atoms with van der Waals surface area (Å²) in [5.41, 5.74) is 3.26.